The molecule has 2 atom stereocenters. The van der Waals surface area contributed by atoms with Crippen molar-refractivity contribution >= 4 is 27.2 Å². The highest BCUT2D eigenvalue weighted by Gasteiger charge is 2.25. The molecule has 0 aliphatic carbocycles. The van der Waals surface area contributed by atoms with Crippen LogP contribution in [0.4, 0.5) is 5.69 Å². The number of allylic oxidation sites excluding steroid dienone is 3. The van der Waals surface area contributed by atoms with E-state index in [1.165, 1.54) is 11.4 Å². The second-order valence-electron chi connectivity index (χ2n) is 12.0. The largest absolute Gasteiger partial charge is 0.390 e. The molecule has 0 fully saturated rings. The molecule has 1 aliphatic rings. The van der Waals surface area contributed by atoms with Gasteiger partial charge in [-0.15, -0.1) is 5.73 Å². The number of aromatic nitrogens is 2. The number of anilines is 1. The van der Waals surface area contributed by atoms with Crippen LogP contribution >= 0.6 is 0 Å². The van der Waals surface area contributed by atoms with Crippen molar-refractivity contribution in [1.82, 2.24) is 20.6 Å². The van der Waals surface area contributed by atoms with Crippen LogP contribution < -0.4 is 14.9 Å². The quantitative estimate of drug-likeness (QED) is 0.157. The molecule has 0 spiro atoms. The van der Waals surface area contributed by atoms with E-state index in [9.17, 15) is 18.3 Å². The van der Waals surface area contributed by atoms with Gasteiger partial charge in [-0.1, -0.05) is 62.0 Å². The Kier molecular flexibility index (Phi) is 14.3. The Balaban J connectivity index is 0.00000133. The summed E-state index contributed by atoms with van der Waals surface area (Å²) < 4.78 is 27.2. The number of amides is 1. The van der Waals surface area contributed by atoms with Gasteiger partial charge in [0, 0.05) is 31.9 Å². The van der Waals surface area contributed by atoms with Crippen molar-refractivity contribution in [3.8, 4) is 11.4 Å². The number of hydrogen-bond acceptors (Lipinski definition) is 7. The van der Waals surface area contributed by atoms with Gasteiger partial charge in [-0.25, -0.2) is 13.4 Å². The Morgan fingerprint density at radius 1 is 1.06 bits per heavy atom. The van der Waals surface area contributed by atoms with E-state index in [4.69, 9.17) is 4.98 Å². The highest BCUT2D eigenvalue weighted by atomic mass is 32.2. The number of carbonyl (C=O) groups excluding carboxylic acids is 1. The predicted molar refractivity (Wildman–Crippen MR) is 202 cm³/mol. The lowest BCUT2D eigenvalue weighted by Gasteiger charge is -2.26. The van der Waals surface area contributed by atoms with Crippen molar-refractivity contribution in [3.05, 3.63) is 138 Å². The van der Waals surface area contributed by atoms with Gasteiger partial charge < -0.3 is 15.7 Å². The van der Waals surface area contributed by atoms with Crippen molar-refractivity contribution in [3.63, 3.8) is 0 Å². The van der Waals surface area contributed by atoms with Gasteiger partial charge in [-0.2, -0.15) is 0 Å². The molecule has 3 N–H and O–H groups in total. The van der Waals surface area contributed by atoms with E-state index in [1.54, 1.807) is 24.4 Å². The number of hydrogen-bond donors (Lipinski definition) is 3. The number of benzene rings is 2. The van der Waals surface area contributed by atoms with Gasteiger partial charge in [0.05, 0.1) is 40.7 Å². The van der Waals surface area contributed by atoms with E-state index >= 15 is 0 Å². The lowest BCUT2D eigenvalue weighted by Crippen LogP contribution is -2.48. The Labute approximate surface area is 296 Å². The molecule has 0 saturated heterocycles. The lowest BCUT2D eigenvalue weighted by molar-refractivity contribution is 0.0829. The summed E-state index contributed by atoms with van der Waals surface area (Å²) in [6, 6.07) is 25.7. The summed E-state index contributed by atoms with van der Waals surface area (Å²) in [5, 5.41) is 17.7. The van der Waals surface area contributed by atoms with Crippen LogP contribution in [-0.4, -0.2) is 60.9 Å². The van der Waals surface area contributed by atoms with Crippen LogP contribution in [0.5, 0.6) is 0 Å². The molecule has 0 saturated carbocycles. The van der Waals surface area contributed by atoms with E-state index in [0.717, 1.165) is 40.2 Å². The monoisotopic (exact) mass is 693 g/mol. The first-order valence-corrected chi connectivity index (χ1v) is 18.5. The Bertz CT molecular complexity index is 1890. The Hall–Kier alpha value is -4.86. The molecule has 3 heterocycles. The van der Waals surface area contributed by atoms with Gasteiger partial charge in [-0.05, 0) is 97.8 Å². The first-order chi connectivity index (χ1) is 24.1. The lowest BCUT2D eigenvalue weighted by atomic mass is 9.97. The SMILES string of the molecule is C=C=CC.CC/C1=C/CCCS(=O)(=O)N(C)c2cc(C(=O)N[C@@H](Cc3ccccc3)[C@H](O)CNCc3cccc(-c4ccccn4)n3)cc1c2. The van der Waals surface area contributed by atoms with Crippen molar-refractivity contribution in [1.29, 1.82) is 0 Å². The van der Waals surface area contributed by atoms with E-state index in [-0.39, 0.29) is 18.2 Å². The number of fused-ring (bicyclic) bond motifs is 2. The van der Waals surface area contributed by atoms with Crippen molar-refractivity contribution in [2.45, 2.75) is 58.2 Å². The van der Waals surface area contributed by atoms with E-state index in [0.29, 0.717) is 37.1 Å². The zero-order valence-electron chi connectivity index (χ0n) is 29.0. The van der Waals surface area contributed by atoms with E-state index in [2.05, 4.69) is 34.0 Å². The van der Waals surface area contributed by atoms with Crippen LogP contribution in [0.3, 0.4) is 0 Å². The molecule has 2 bridgehead atoms. The van der Waals surface area contributed by atoms with Crippen LogP contribution in [0.1, 0.15) is 60.3 Å². The van der Waals surface area contributed by atoms with Crippen molar-refractivity contribution in [2.75, 3.05) is 23.7 Å². The fraction of sp³-hybridized carbons (Fsp3) is 0.300. The molecule has 0 radical (unpaired) electrons. The number of aliphatic hydroxyl groups excluding tert-OH is 1. The van der Waals surface area contributed by atoms with Crippen molar-refractivity contribution in [2.24, 2.45) is 0 Å². The minimum absolute atomic E-state index is 0.0318. The maximum Gasteiger partial charge on any atom is 0.251 e. The van der Waals surface area contributed by atoms with Crippen LogP contribution in [0, 0.1) is 0 Å². The smallest absolute Gasteiger partial charge is 0.251 e. The fourth-order valence-electron chi connectivity index (χ4n) is 5.54. The second kappa shape index (κ2) is 18.8. The van der Waals surface area contributed by atoms with Gasteiger partial charge in [0.1, 0.15) is 0 Å². The van der Waals surface area contributed by atoms with Gasteiger partial charge in [-0.3, -0.25) is 14.1 Å². The molecule has 10 heteroatoms. The number of nitrogens with zero attached hydrogens (tertiary/aromatic N) is 3. The molecule has 0 unspecified atom stereocenters. The highest BCUT2D eigenvalue weighted by Crippen LogP contribution is 2.29. The standard InChI is InChI=1S/C36H41N5O4S.C4H6/c1-3-27-14-8-10-19-46(44,45)41(2)31-22-28(27)21-29(23-31)36(43)40-34(20-26-12-5-4-6-13-26)35(42)25-37-24-30-15-11-17-33(39-30)32-16-7-9-18-38-32;1-3-4-2/h4-7,9,11-18,21-23,34-35,37,42H,3,8,10,19-20,24-25H2,1-2H3,(H,40,43);4H,1H2,2H3/b27-14-;/t34-,35+;/m0./s1. The third-order valence-electron chi connectivity index (χ3n) is 8.39. The van der Waals surface area contributed by atoms with Gasteiger partial charge in [0.2, 0.25) is 10.0 Å². The van der Waals surface area contributed by atoms with Crippen LogP contribution in [0.2, 0.25) is 0 Å². The molecular weight excluding hydrogens is 647 g/mol. The Morgan fingerprint density at radius 2 is 1.80 bits per heavy atom. The zero-order chi connectivity index (χ0) is 35.9. The average molecular weight is 694 g/mol. The minimum Gasteiger partial charge on any atom is -0.390 e. The number of carbonyl (C=O) groups is 1. The molecule has 2 aromatic heterocycles. The molecule has 1 aliphatic heterocycles. The Morgan fingerprint density at radius 3 is 2.50 bits per heavy atom. The van der Waals surface area contributed by atoms with Crippen LogP contribution in [0.15, 0.2) is 116 Å². The summed E-state index contributed by atoms with van der Waals surface area (Å²) in [5.74, 6) is -0.351. The normalized spacial score (nSPS) is 15.9. The molecule has 1 amide bonds. The molecular formula is C40H47N5O4S. The molecule has 262 valence electrons. The number of pyridine rings is 2. The highest BCUT2D eigenvalue weighted by molar-refractivity contribution is 7.92. The van der Waals surface area contributed by atoms with Gasteiger partial charge >= 0.3 is 0 Å². The maximum absolute atomic E-state index is 13.8. The molecule has 5 rings (SSSR count). The number of aliphatic hydroxyl groups is 1. The topological polar surface area (TPSA) is 125 Å². The molecule has 9 nitrogen and oxygen atoms in total. The summed E-state index contributed by atoms with van der Waals surface area (Å²) in [5.41, 5.74) is 8.53. The summed E-state index contributed by atoms with van der Waals surface area (Å²) in [6.45, 7) is 7.86. The van der Waals surface area contributed by atoms with Crippen LogP contribution in [0.25, 0.3) is 17.0 Å². The second-order valence-corrected chi connectivity index (χ2v) is 14.1. The number of nitrogens with one attached hydrogen (secondary N) is 2. The molecule has 2 aromatic carbocycles. The third kappa shape index (κ3) is 10.8. The average Bonchev–Trinajstić information content (AvgIpc) is 3.14. The maximum atomic E-state index is 13.8. The third-order valence-corrected chi connectivity index (χ3v) is 10.2. The summed E-state index contributed by atoms with van der Waals surface area (Å²) in [4.78, 5) is 22.9. The van der Waals surface area contributed by atoms with Crippen molar-refractivity contribution < 1.29 is 18.3 Å². The summed E-state index contributed by atoms with van der Waals surface area (Å²) >= 11 is 0. The minimum atomic E-state index is -3.54. The van der Waals surface area contributed by atoms with E-state index in [1.807, 2.05) is 86.6 Å². The zero-order valence-corrected chi connectivity index (χ0v) is 29.9. The van der Waals surface area contributed by atoms with Crippen LogP contribution in [-0.2, 0) is 23.0 Å². The predicted octanol–water partition coefficient (Wildman–Crippen LogP) is 6.34. The first-order valence-electron chi connectivity index (χ1n) is 16.9. The van der Waals surface area contributed by atoms with Gasteiger partial charge in [0.25, 0.3) is 5.91 Å². The fourth-order valence-corrected chi connectivity index (χ4v) is 6.78. The first kappa shape index (κ1) is 38.0. The molecule has 50 heavy (non-hydrogen) atoms. The molecule has 4 aromatic rings. The number of rotatable bonds is 11. The summed E-state index contributed by atoms with van der Waals surface area (Å²) in [7, 11) is -2.01. The van der Waals surface area contributed by atoms with Gasteiger partial charge in [0.15, 0.2) is 0 Å². The number of sulfonamides is 1. The summed E-state index contributed by atoms with van der Waals surface area (Å²) in [6.07, 6.45) is 6.97. The van der Waals surface area contributed by atoms with E-state index < -0.39 is 22.2 Å².